The maximum Gasteiger partial charge on any atom is 0.301 e. The van der Waals surface area contributed by atoms with E-state index in [1.807, 2.05) is 6.07 Å². The number of ketones is 1. The average Bonchev–Trinajstić information content (AvgIpc) is 3.52. The lowest BCUT2D eigenvalue weighted by molar-refractivity contribution is -0.132. The maximum absolute atomic E-state index is 13.6. The van der Waals surface area contributed by atoms with Crippen molar-refractivity contribution in [1.29, 1.82) is 0 Å². The fourth-order valence-electron chi connectivity index (χ4n) is 4.74. The number of ether oxygens (including phenoxy) is 4. The van der Waals surface area contributed by atoms with Crippen LogP contribution in [0.15, 0.2) is 78.9 Å². The van der Waals surface area contributed by atoms with E-state index in [1.165, 1.54) is 16.2 Å². The predicted octanol–water partition coefficient (Wildman–Crippen LogP) is 5.27. The van der Waals surface area contributed by atoms with Crippen molar-refractivity contribution in [1.82, 2.24) is 4.98 Å². The molecule has 1 fully saturated rings. The lowest BCUT2D eigenvalue weighted by Crippen LogP contribution is -2.29. The van der Waals surface area contributed by atoms with Gasteiger partial charge in [0, 0.05) is 5.56 Å². The third-order valence-corrected chi connectivity index (χ3v) is 7.61. The van der Waals surface area contributed by atoms with Gasteiger partial charge in [-0.05, 0) is 54.1 Å². The highest BCUT2D eigenvalue weighted by molar-refractivity contribution is 7.22. The number of fused-ring (bicyclic) bond motifs is 2. The lowest BCUT2D eigenvalue weighted by Gasteiger charge is -2.23. The summed E-state index contributed by atoms with van der Waals surface area (Å²) in [6.07, 6.45) is 1.62. The molecule has 40 heavy (non-hydrogen) atoms. The predicted molar refractivity (Wildman–Crippen MR) is 151 cm³/mol. The van der Waals surface area contributed by atoms with E-state index in [9.17, 15) is 14.7 Å². The van der Waals surface area contributed by atoms with Crippen molar-refractivity contribution < 1.29 is 33.6 Å². The molecular weight excluding hydrogens is 532 g/mol. The van der Waals surface area contributed by atoms with Crippen molar-refractivity contribution in [3.05, 3.63) is 90.0 Å². The summed E-state index contributed by atoms with van der Waals surface area (Å²) in [6.45, 7) is 4.74. The molecular formula is C30H24N2O7S. The Balaban J connectivity index is 1.52. The van der Waals surface area contributed by atoms with E-state index in [1.54, 1.807) is 67.8 Å². The van der Waals surface area contributed by atoms with Crippen LogP contribution in [0.25, 0.3) is 16.0 Å². The molecule has 1 saturated heterocycles. The first-order chi connectivity index (χ1) is 19.5. The van der Waals surface area contributed by atoms with E-state index in [-0.39, 0.29) is 17.9 Å². The second-order valence-electron chi connectivity index (χ2n) is 9.03. The second-order valence-corrected chi connectivity index (χ2v) is 10.0. The van der Waals surface area contributed by atoms with Gasteiger partial charge in [-0.1, -0.05) is 36.1 Å². The van der Waals surface area contributed by atoms with Crippen LogP contribution in [0.5, 0.6) is 23.0 Å². The summed E-state index contributed by atoms with van der Waals surface area (Å²) in [5.41, 5.74) is 1.47. The lowest BCUT2D eigenvalue weighted by atomic mass is 9.95. The van der Waals surface area contributed by atoms with Crippen LogP contribution >= 0.6 is 11.3 Å². The number of hydrogen-bond acceptors (Lipinski definition) is 9. The average molecular weight is 557 g/mol. The number of benzene rings is 3. The number of hydrogen-bond donors (Lipinski definition) is 1. The van der Waals surface area contributed by atoms with Crippen molar-refractivity contribution in [2.45, 2.75) is 6.04 Å². The molecule has 1 N–H and O–H groups in total. The van der Waals surface area contributed by atoms with Crippen LogP contribution in [0.3, 0.4) is 0 Å². The number of rotatable bonds is 7. The van der Waals surface area contributed by atoms with Crippen molar-refractivity contribution in [2.24, 2.45) is 0 Å². The topological polar surface area (TPSA) is 107 Å². The van der Waals surface area contributed by atoms with Gasteiger partial charge in [-0.25, -0.2) is 4.98 Å². The first-order valence-corrected chi connectivity index (χ1v) is 13.3. The molecule has 6 rings (SSSR count). The monoisotopic (exact) mass is 556 g/mol. The Hall–Kier alpha value is -4.83. The smallest absolute Gasteiger partial charge is 0.301 e. The molecule has 3 aromatic carbocycles. The number of thiazole rings is 1. The minimum absolute atomic E-state index is 0.0700. The van der Waals surface area contributed by atoms with Gasteiger partial charge in [-0.3, -0.25) is 14.5 Å². The van der Waals surface area contributed by atoms with Crippen LogP contribution in [-0.2, 0) is 9.59 Å². The minimum atomic E-state index is -0.970. The largest absolute Gasteiger partial charge is 0.507 e. The quantitative estimate of drug-likeness (QED) is 0.142. The van der Waals surface area contributed by atoms with E-state index < -0.39 is 17.7 Å². The zero-order chi connectivity index (χ0) is 27.8. The summed E-state index contributed by atoms with van der Waals surface area (Å²) in [5, 5.41) is 11.8. The summed E-state index contributed by atoms with van der Waals surface area (Å²) >= 11 is 1.25. The highest BCUT2D eigenvalue weighted by atomic mass is 32.1. The molecule has 3 heterocycles. The Bertz CT molecular complexity index is 1690. The molecule has 10 heteroatoms. The third kappa shape index (κ3) is 4.42. The molecule has 0 saturated carbocycles. The fraction of sp³-hybridized carbons (Fsp3) is 0.167. The first kappa shape index (κ1) is 25.4. The van der Waals surface area contributed by atoms with Crippen LogP contribution in [-0.4, -0.2) is 48.7 Å². The van der Waals surface area contributed by atoms with Crippen molar-refractivity contribution in [3.8, 4) is 23.0 Å². The standard InChI is InChI=1S/C30H24N2O7S/c1-3-11-37-20-6-4-5-17(14-20)26-25(27(33)18-7-10-22-23(15-18)39-13-12-38-22)28(34)29(35)32(26)30-31-21-9-8-19(36-2)16-24(21)40-30/h3-10,14-16,26,33H,1,11-13H2,2H3/b27-25+/t26-/m0/s1. The minimum Gasteiger partial charge on any atom is -0.507 e. The van der Waals surface area contributed by atoms with Crippen LogP contribution in [0.4, 0.5) is 5.13 Å². The van der Waals surface area contributed by atoms with Crippen molar-refractivity contribution >= 4 is 44.1 Å². The number of Topliss-reactive ketones (excluding diaryl/α,β-unsaturated/α-hetero) is 1. The van der Waals surface area contributed by atoms with Crippen molar-refractivity contribution in [3.63, 3.8) is 0 Å². The Morgan fingerprint density at radius 1 is 1.10 bits per heavy atom. The van der Waals surface area contributed by atoms with E-state index >= 15 is 0 Å². The van der Waals surface area contributed by atoms with Gasteiger partial charge in [0.2, 0.25) is 0 Å². The van der Waals surface area contributed by atoms with Crippen LogP contribution in [0, 0.1) is 0 Å². The summed E-state index contributed by atoms with van der Waals surface area (Å²) < 4.78 is 23.1. The molecule has 2 aliphatic rings. The van der Waals surface area contributed by atoms with E-state index in [2.05, 4.69) is 11.6 Å². The molecule has 0 spiro atoms. The number of aliphatic hydroxyl groups excluding tert-OH is 1. The van der Waals surface area contributed by atoms with Gasteiger partial charge >= 0.3 is 5.91 Å². The van der Waals surface area contributed by atoms with E-state index in [0.29, 0.717) is 58.0 Å². The highest BCUT2D eigenvalue weighted by Crippen LogP contribution is 2.45. The molecule has 2 aliphatic heterocycles. The molecule has 202 valence electrons. The van der Waals surface area contributed by atoms with Crippen LogP contribution in [0.1, 0.15) is 17.2 Å². The number of methoxy groups -OCH3 is 1. The van der Waals surface area contributed by atoms with E-state index in [4.69, 9.17) is 18.9 Å². The number of carbonyl (C=O) groups excluding carboxylic acids is 2. The van der Waals surface area contributed by atoms with Gasteiger partial charge in [-0.2, -0.15) is 0 Å². The number of amides is 1. The Morgan fingerprint density at radius 3 is 2.73 bits per heavy atom. The summed E-state index contributed by atoms with van der Waals surface area (Å²) in [6, 6.07) is 16.4. The Labute approximate surface area is 233 Å². The molecule has 9 nitrogen and oxygen atoms in total. The molecule has 0 aliphatic carbocycles. The fourth-order valence-corrected chi connectivity index (χ4v) is 5.76. The molecule has 0 unspecified atom stereocenters. The highest BCUT2D eigenvalue weighted by Gasteiger charge is 2.48. The van der Waals surface area contributed by atoms with Gasteiger partial charge in [0.05, 0.1) is 28.9 Å². The number of anilines is 1. The summed E-state index contributed by atoms with van der Waals surface area (Å²) in [4.78, 5) is 33.2. The second kappa shape index (κ2) is 10.4. The summed E-state index contributed by atoms with van der Waals surface area (Å²) in [7, 11) is 1.57. The summed E-state index contributed by atoms with van der Waals surface area (Å²) in [5.74, 6) is 0.198. The van der Waals surface area contributed by atoms with Gasteiger partial charge in [0.25, 0.3) is 5.78 Å². The number of aromatic nitrogens is 1. The van der Waals surface area contributed by atoms with Gasteiger partial charge in [-0.15, -0.1) is 0 Å². The molecule has 0 radical (unpaired) electrons. The Morgan fingerprint density at radius 2 is 1.93 bits per heavy atom. The molecule has 1 amide bonds. The molecule has 1 aromatic heterocycles. The normalized spacial score (nSPS) is 17.7. The zero-order valence-corrected chi connectivity index (χ0v) is 22.3. The van der Waals surface area contributed by atoms with Crippen LogP contribution < -0.4 is 23.8 Å². The van der Waals surface area contributed by atoms with Gasteiger partial charge in [0.15, 0.2) is 16.6 Å². The molecule has 1 atom stereocenters. The van der Waals surface area contributed by atoms with Crippen LogP contribution in [0.2, 0.25) is 0 Å². The van der Waals surface area contributed by atoms with Gasteiger partial charge < -0.3 is 24.1 Å². The number of nitrogens with zero attached hydrogens (tertiary/aromatic N) is 2. The Kier molecular flexibility index (Phi) is 6.61. The maximum atomic E-state index is 13.6. The van der Waals surface area contributed by atoms with Gasteiger partial charge in [0.1, 0.15) is 37.1 Å². The third-order valence-electron chi connectivity index (χ3n) is 6.59. The SMILES string of the molecule is C=CCOc1cccc([C@H]2/C(=C(\O)c3ccc4c(c3)OCCO4)C(=O)C(=O)N2c2nc3ccc(OC)cc3s2)c1. The first-order valence-electron chi connectivity index (χ1n) is 12.5. The number of carbonyl (C=O) groups is 2. The molecule has 0 bridgehead atoms. The zero-order valence-electron chi connectivity index (χ0n) is 21.5. The molecule has 4 aromatic rings. The number of aliphatic hydroxyl groups is 1. The van der Waals surface area contributed by atoms with E-state index in [0.717, 1.165) is 4.70 Å². The van der Waals surface area contributed by atoms with Crippen molar-refractivity contribution in [2.75, 3.05) is 31.8 Å².